The molecule has 0 N–H and O–H groups in total. The molecular formula is C11H16Br2N2O. The van der Waals surface area contributed by atoms with E-state index in [4.69, 9.17) is 4.74 Å². The first-order valence-electron chi connectivity index (χ1n) is 5.02. The lowest BCUT2D eigenvalue weighted by atomic mass is 10.3. The van der Waals surface area contributed by atoms with Gasteiger partial charge >= 0.3 is 0 Å². The maximum Gasteiger partial charge on any atom is 0.128 e. The Morgan fingerprint density at radius 1 is 1.50 bits per heavy atom. The van der Waals surface area contributed by atoms with Crippen molar-refractivity contribution in [1.82, 2.24) is 4.98 Å². The number of alkyl halides is 1. The van der Waals surface area contributed by atoms with Crippen molar-refractivity contribution < 1.29 is 4.74 Å². The normalized spacial score (nSPS) is 12.6. The predicted octanol–water partition coefficient (Wildman–Crippen LogP) is 3.00. The van der Waals surface area contributed by atoms with Crippen molar-refractivity contribution in [1.29, 1.82) is 0 Å². The number of aryl methyl sites for hydroxylation is 1. The molecule has 1 heterocycles. The summed E-state index contributed by atoms with van der Waals surface area (Å²) in [5, 5.41) is 0. The second kappa shape index (κ2) is 6.57. The predicted molar refractivity (Wildman–Crippen MR) is 74.5 cm³/mol. The summed E-state index contributed by atoms with van der Waals surface area (Å²) in [6.07, 6.45) is 0. The Labute approximate surface area is 113 Å². The Bertz CT molecular complexity index is 347. The lowest BCUT2D eigenvalue weighted by molar-refractivity contribution is 0.201. The van der Waals surface area contributed by atoms with Crippen molar-refractivity contribution in [2.75, 3.05) is 32.2 Å². The highest BCUT2D eigenvalue weighted by Crippen LogP contribution is 2.19. The summed E-state index contributed by atoms with van der Waals surface area (Å²) >= 11 is 7.01. The van der Waals surface area contributed by atoms with Gasteiger partial charge in [0.25, 0.3) is 0 Å². The molecule has 0 radical (unpaired) electrons. The molecule has 0 aliphatic rings. The third-order valence-corrected chi connectivity index (χ3v) is 3.61. The number of anilines is 1. The van der Waals surface area contributed by atoms with Gasteiger partial charge in [0.1, 0.15) is 5.82 Å². The summed E-state index contributed by atoms with van der Waals surface area (Å²) in [4.78, 5) is 6.93. The third kappa shape index (κ3) is 4.03. The molecule has 0 aromatic carbocycles. The van der Waals surface area contributed by atoms with Crippen LogP contribution in [0.2, 0.25) is 0 Å². The van der Waals surface area contributed by atoms with Crippen LogP contribution in [0.4, 0.5) is 5.82 Å². The zero-order valence-corrected chi connectivity index (χ0v) is 12.9. The fourth-order valence-electron chi connectivity index (χ4n) is 1.37. The van der Waals surface area contributed by atoms with Gasteiger partial charge in [0.05, 0.1) is 17.1 Å². The Morgan fingerprint density at radius 2 is 2.19 bits per heavy atom. The number of hydrogen-bond donors (Lipinski definition) is 0. The van der Waals surface area contributed by atoms with Gasteiger partial charge in [-0.15, -0.1) is 0 Å². The number of nitrogens with zero attached hydrogens (tertiary/aromatic N) is 2. The fourth-order valence-corrected chi connectivity index (χ4v) is 2.29. The molecule has 5 heteroatoms. The molecule has 16 heavy (non-hydrogen) atoms. The van der Waals surface area contributed by atoms with Crippen LogP contribution in [0.5, 0.6) is 0 Å². The number of methoxy groups -OCH3 is 1. The largest absolute Gasteiger partial charge is 0.383 e. The van der Waals surface area contributed by atoms with Gasteiger partial charge in [0, 0.05) is 25.2 Å². The molecule has 0 saturated carbocycles. The first-order valence-corrected chi connectivity index (χ1v) is 6.72. The van der Waals surface area contributed by atoms with Crippen molar-refractivity contribution in [3.63, 3.8) is 0 Å². The number of hydrogen-bond acceptors (Lipinski definition) is 3. The van der Waals surface area contributed by atoms with Gasteiger partial charge in [-0.1, -0.05) is 15.9 Å². The van der Waals surface area contributed by atoms with Gasteiger partial charge in [-0.2, -0.15) is 0 Å². The van der Waals surface area contributed by atoms with Crippen LogP contribution in [0.3, 0.4) is 0 Å². The van der Waals surface area contributed by atoms with Crippen LogP contribution in [0.1, 0.15) is 5.69 Å². The van der Waals surface area contributed by atoms with Crippen LogP contribution < -0.4 is 4.90 Å². The zero-order chi connectivity index (χ0) is 12.1. The summed E-state index contributed by atoms with van der Waals surface area (Å²) in [5.41, 5.74) is 1.00. The first-order chi connectivity index (χ1) is 7.54. The molecular weight excluding hydrogens is 336 g/mol. The molecule has 1 atom stereocenters. The van der Waals surface area contributed by atoms with Crippen molar-refractivity contribution in [2.45, 2.75) is 11.8 Å². The fraction of sp³-hybridized carbons (Fsp3) is 0.545. The molecule has 3 nitrogen and oxygen atoms in total. The molecule has 0 spiro atoms. The van der Waals surface area contributed by atoms with Crippen molar-refractivity contribution in [3.05, 3.63) is 22.3 Å². The van der Waals surface area contributed by atoms with Crippen LogP contribution in [-0.4, -0.2) is 37.1 Å². The van der Waals surface area contributed by atoms with Gasteiger partial charge in [-0.05, 0) is 35.0 Å². The van der Waals surface area contributed by atoms with Crippen molar-refractivity contribution >= 4 is 37.7 Å². The summed E-state index contributed by atoms with van der Waals surface area (Å²) < 4.78 is 6.12. The second-order valence-corrected chi connectivity index (χ2v) is 5.82. The van der Waals surface area contributed by atoms with E-state index < -0.39 is 0 Å². The summed E-state index contributed by atoms with van der Waals surface area (Å²) in [5.74, 6) is 0.973. The van der Waals surface area contributed by atoms with E-state index in [0.29, 0.717) is 11.4 Å². The lowest BCUT2D eigenvalue weighted by Gasteiger charge is -2.21. The highest BCUT2D eigenvalue weighted by atomic mass is 79.9. The molecule has 0 aliphatic heterocycles. The lowest BCUT2D eigenvalue weighted by Crippen LogP contribution is -2.28. The maximum absolute atomic E-state index is 5.08. The van der Waals surface area contributed by atoms with E-state index in [9.17, 15) is 0 Å². The molecule has 90 valence electrons. The number of aromatic nitrogens is 1. The Balaban J connectivity index is 2.65. The van der Waals surface area contributed by atoms with Gasteiger partial charge < -0.3 is 9.64 Å². The minimum atomic E-state index is 0.313. The molecule has 0 aliphatic carbocycles. The number of halogens is 2. The minimum Gasteiger partial charge on any atom is -0.383 e. The van der Waals surface area contributed by atoms with Gasteiger partial charge in [0.15, 0.2) is 0 Å². The van der Waals surface area contributed by atoms with E-state index in [1.807, 2.05) is 26.1 Å². The number of rotatable bonds is 5. The molecule has 1 unspecified atom stereocenters. The van der Waals surface area contributed by atoms with Gasteiger partial charge in [-0.25, -0.2) is 4.98 Å². The zero-order valence-electron chi connectivity index (χ0n) is 9.70. The number of pyridine rings is 1. The molecule has 1 rings (SSSR count). The van der Waals surface area contributed by atoms with E-state index in [0.717, 1.165) is 22.5 Å². The average molecular weight is 352 g/mol. The Kier molecular flexibility index (Phi) is 5.72. The Hall–Kier alpha value is -0.130. The molecule has 0 amide bonds. The summed E-state index contributed by atoms with van der Waals surface area (Å²) in [6, 6.07) is 4.03. The van der Waals surface area contributed by atoms with Crippen LogP contribution in [0.25, 0.3) is 0 Å². The molecule has 1 aromatic rings. The van der Waals surface area contributed by atoms with E-state index in [2.05, 4.69) is 41.7 Å². The molecule has 0 fully saturated rings. The van der Waals surface area contributed by atoms with Crippen molar-refractivity contribution in [2.24, 2.45) is 0 Å². The van der Waals surface area contributed by atoms with Crippen molar-refractivity contribution in [3.8, 4) is 0 Å². The average Bonchev–Trinajstić information content (AvgIpc) is 2.22. The number of ether oxygens (including phenoxy) is 1. The van der Waals surface area contributed by atoms with E-state index in [1.54, 1.807) is 7.11 Å². The minimum absolute atomic E-state index is 0.313. The molecule has 0 bridgehead atoms. The van der Waals surface area contributed by atoms with E-state index >= 15 is 0 Å². The maximum atomic E-state index is 5.08. The topological polar surface area (TPSA) is 25.4 Å². The molecule has 0 saturated heterocycles. The van der Waals surface area contributed by atoms with Crippen LogP contribution >= 0.6 is 31.9 Å². The monoisotopic (exact) mass is 350 g/mol. The van der Waals surface area contributed by atoms with Gasteiger partial charge in [0.2, 0.25) is 0 Å². The third-order valence-electron chi connectivity index (χ3n) is 2.22. The highest BCUT2D eigenvalue weighted by molar-refractivity contribution is 9.10. The first kappa shape index (κ1) is 13.9. The van der Waals surface area contributed by atoms with E-state index in [1.165, 1.54) is 0 Å². The summed E-state index contributed by atoms with van der Waals surface area (Å²) in [6.45, 7) is 3.55. The Morgan fingerprint density at radius 3 is 2.75 bits per heavy atom. The smallest absolute Gasteiger partial charge is 0.128 e. The second-order valence-electron chi connectivity index (χ2n) is 3.67. The standard InChI is InChI=1S/C11H16Br2N2O/c1-8-10(13)4-5-11(14-8)15(2)6-9(12)7-16-3/h4-5,9H,6-7H2,1-3H3. The quantitative estimate of drug-likeness (QED) is 0.762. The van der Waals surface area contributed by atoms with Crippen LogP contribution in [-0.2, 0) is 4.74 Å². The SMILES string of the molecule is COCC(Br)CN(C)c1ccc(Br)c(C)n1. The van der Waals surface area contributed by atoms with Gasteiger partial charge in [-0.3, -0.25) is 0 Å². The summed E-state index contributed by atoms with van der Waals surface area (Å²) in [7, 11) is 3.73. The van der Waals surface area contributed by atoms with Crippen LogP contribution in [0, 0.1) is 6.92 Å². The highest BCUT2D eigenvalue weighted by Gasteiger charge is 2.10. The van der Waals surface area contributed by atoms with Crippen LogP contribution in [0.15, 0.2) is 16.6 Å². The van der Waals surface area contributed by atoms with E-state index in [-0.39, 0.29) is 0 Å². The molecule has 1 aromatic heterocycles.